The molecule has 1 fully saturated rings. The Morgan fingerprint density at radius 2 is 2.30 bits per heavy atom. The minimum Gasteiger partial charge on any atom is -0.376 e. The molecule has 0 radical (unpaired) electrons. The van der Waals surface area contributed by atoms with Gasteiger partial charge >= 0.3 is 0 Å². The molecule has 20 heavy (non-hydrogen) atoms. The van der Waals surface area contributed by atoms with Crippen molar-refractivity contribution in [2.75, 3.05) is 11.9 Å². The van der Waals surface area contributed by atoms with Gasteiger partial charge in [-0.1, -0.05) is 13.8 Å². The van der Waals surface area contributed by atoms with Crippen molar-refractivity contribution in [3.05, 3.63) is 24.2 Å². The Hall–Kier alpha value is -1.62. The van der Waals surface area contributed by atoms with E-state index in [1.54, 1.807) is 6.20 Å². The van der Waals surface area contributed by atoms with Gasteiger partial charge in [0.2, 0.25) is 0 Å². The minimum atomic E-state index is -0.0723. The van der Waals surface area contributed by atoms with Gasteiger partial charge in [-0.15, -0.1) is 0 Å². The van der Waals surface area contributed by atoms with E-state index in [0.29, 0.717) is 5.92 Å². The third-order valence-corrected chi connectivity index (χ3v) is 4.29. The molecule has 1 N–H and O–H groups in total. The molecule has 3 heterocycles. The zero-order valence-corrected chi connectivity index (χ0v) is 12.6. The van der Waals surface area contributed by atoms with Crippen LogP contribution in [-0.2, 0) is 4.74 Å². The molecular formula is C15H22N4O. The lowest BCUT2D eigenvalue weighted by atomic mass is 9.95. The number of nitrogens with one attached hydrogen (secondary N) is 1. The van der Waals surface area contributed by atoms with Gasteiger partial charge < -0.3 is 10.1 Å². The number of fused-ring (bicyclic) bond motifs is 1. The molecule has 5 heteroatoms. The van der Waals surface area contributed by atoms with Crippen molar-refractivity contribution in [1.29, 1.82) is 0 Å². The lowest BCUT2D eigenvalue weighted by molar-refractivity contribution is 0.105. The topological polar surface area (TPSA) is 51.5 Å². The Labute approximate surface area is 119 Å². The monoisotopic (exact) mass is 274 g/mol. The summed E-state index contributed by atoms with van der Waals surface area (Å²) >= 11 is 0. The SMILES string of the molecule is CC(C)c1cc2c(NC3(C)CCOC3C)nccn2n1. The molecule has 0 saturated carbocycles. The Bertz CT molecular complexity index is 621. The van der Waals surface area contributed by atoms with Crippen molar-refractivity contribution >= 4 is 11.3 Å². The van der Waals surface area contributed by atoms with Crippen molar-refractivity contribution in [2.45, 2.75) is 51.7 Å². The van der Waals surface area contributed by atoms with E-state index in [1.165, 1.54) is 0 Å². The molecule has 0 amide bonds. The highest BCUT2D eigenvalue weighted by molar-refractivity contribution is 5.68. The number of anilines is 1. The number of rotatable bonds is 3. The molecule has 2 aromatic rings. The summed E-state index contributed by atoms with van der Waals surface area (Å²) in [5.41, 5.74) is 2.04. The van der Waals surface area contributed by atoms with Crippen LogP contribution in [0.5, 0.6) is 0 Å². The summed E-state index contributed by atoms with van der Waals surface area (Å²) in [6.45, 7) is 9.39. The van der Waals surface area contributed by atoms with Crippen molar-refractivity contribution in [3.63, 3.8) is 0 Å². The van der Waals surface area contributed by atoms with Gasteiger partial charge in [0, 0.05) is 19.0 Å². The molecule has 108 valence electrons. The highest BCUT2D eigenvalue weighted by atomic mass is 16.5. The Morgan fingerprint density at radius 3 is 2.95 bits per heavy atom. The molecule has 1 aliphatic heterocycles. The molecule has 2 atom stereocenters. The van der Waals surface area contributed by atoms with Gasteiger partial charge in [0.05, 0.1) is 17.3 Å². The normalized spacial score (nSPS) is 26.6. The first-order chi connectivity index (χ1) is 9.49. The van der Waals surface area contributed by atoms with Crippen LogP contribution in [0.2, 0.25) is 0 Å². The number of nitrogens with zero attached hydrogens (tertiary/aromatic N) is 3. The Kier molecular flexibility index (Phi) is 3.17. The molecule has 0 aromatic carbocycles. The second kappa shape index (κ2) is 4.74. The first kappa shape index (κ1) is 13.4. The summed E-state index contributed by atoms with van der Waals surface area (Å²) in [4.78, 5) is 4.50. The summed E-state index contributed by atoms with van der Waals surface area (Å²) in [7, 11) is 0. The second-order valence-electron chi connectivity index (χ2n) is 6.14. The highest BCUT2D eigenvalue weighted by Crippen LogP contribution is 2.30. The van der Waals surface area contributed by atoms with E-state index >= 15 is 0 Å². The van der Waals surface area contributed by atoms with E-state index in [4.69, 9.17) is 4.74 Å². The fourth-order valence-corrected chi connectivity index (χ4v) is 2.59. The fourth-order valence-electron chi connectivity index (χ4n) is 2.59. The average molecular weight is 274 g/mol. The summed E-state index contributed by atoms with van der Waals surface area (Å²) in [5, 5.41) is 8.16. The van der Waals surface area contributed by atoms with Gasteiger partial charge in [0.15, 0.2) is 5.82 Å². The van der Waals surface area contributed by atoms with Crippen LogP contribution in [0.4, 0.5) is 5.82 Å². The summed E-state index contributed by atoms with van der Waals surface area (Å²) in [5.74, 6) is 1.29. The predicted molar refractivity (Wildman–Crippen MR) is 79.1 cm³/mol. The van der Waals surface area contributed by atoms with E-state index in [2.05, 4.69) is 49.2 Å². The summed E-state index contributed by atoms with van der Waals surface area (Å²) in [6.07, 6.45) is 4.85. The molecule has 3 rings (SSSR count). The Morgan fingerprint density at radius 1 is 1.50 bits per heavy atom. The third-order valence-electron chi connectivity index (χ3n) is 4.29. The molecule has 1 aliphatic rings. The van der Waals surface area contributed by atoms with Crippen LogP contribution in [0.25, 0.3) is 5.52 Å². The molecule has 0 aliphatic carbocycles. The lowest BCUT2D eigenvalue weighted by Gasteiger charge is -2.29. The maximum atomic E-state index is 5.68. The average Bonchev–Trinajstić information content (AvgIpc) is 2.95. The first-order valence-corrected chi connectivity index (χ1v) is 7.24. The van der Waals surface area contributed by atoms with Crippen LogP contribution in [0.15, 0.2) is 18.5 Å². The largest absolute Gasteiger partial charge is 0.376 e. The van der Waals surface area contributed by atoms with Gasteiger partial charge in [0.25, 0.3) is 0 Å². The van der Waals surface area contributed by atoms with E-state index in [-0.39, 0.29) is 11.6 Å². The van der Waals surface area contributed by atoms with Gasteiger partial charge in [-0.05, 0) is 32.3 Å². The Balaban J connectivity index is 1.99. The van der Waals surface area contributed by atoms with Crippen LogP contribution >= 0.6 is 0 Å². The second-order valence-corrected chi connectivity index (χ2v) is 6.14. The fraction of sp³-hybridized carbons (Fsp3) is 0.600. The number of hydrogen-bond donors (Lipinski definition) is 1. The smallest absolute Gasteiger partial charge is 0.152 e. The van der Waals surface area contributed by atoms with Gasteiger partial charge in [-0.3, -0.25) is 0 Å². The van der Waals surface area contributed by atoms with Crippen molar-refractivity contribution in [1.82, 2.24) is 14.6 Å². The maximum absolute atomic E-state index is 5.68. The zero-order valence-electron chi connectivity index (χ0n) is 12.6. The minimum absolute atomic E-state index is 0.0723. The highest BCUT2D eigenvalue weighted by Gasteiger charge is 2.37. The van der Waals surface area contributed by atoms with E-state index in [0.717, 1.165) is 30.1 Å². The molecule has 5 nitrogen and oxygen atoms in total. The lowest BCUT2D eigenvalue weighted by Crippen LogP contribution is -2.41. The third kappa shape index (κ3) is 2.16. The van der Waals surface area contributed by atoms with Crippen LogP contribution in [0, 0.1) is 0 Å². The molecule has 2 unspecified atom stereocenters. The summed E-state index contributed by atoms with van der Waals surface area (Å²) in [6, 6.07) is 2.11. The molecule has 0 bridgehead atoms. The van der Waals surface area contributed by atoms with Crippen LogP contribution in [0.3, 0.4) is 0 Å². The molecule has 2 aromatic heterocycles. The van der Waals surface area contributed by atoms with E-state index < -0.39 is 0 Å². The number of hydrogen-bond acceptors (Lipinski definition) is 4. The van der Waals surface area contributed by atoms with Crippen molar-refractivity contribution in [2.24, 2.45) is 0 Å². The zero-order chi connectivity index (χ0) is 14.3. The first-order valence-electron chi connectivity index (χ1n) is 7.24. The van der Waals surface area contributed by atoms with Crippen molar-refractivity contribution < 1.29 is 4.74 Å². The number of aromatic nitrogens is 3. The van der Waals surface area contributed by atoms with E-state index in [1.807, 2.05) is 10.7 Å². The molecule has 1 saturated heterocycles. The maximum Gasteiger partial charge on any atom is 0.152 e. The van der Waals surface area contributed by atoms with Gasteiger partial charge in [0.1, 0.15) is 5.52 Å². The van der Waals surface area contributed by atoms with Crippen LogP contribution in [-0.4, -0.2) is 32.8 Å². The van der Waals surface area contributed by atoms with Gasteiger partial charge in [-0.25, -0.2) is 9.50 Å². The van der Waals surface area contributed by atoms with E-state index in [9.17, 15) is 0 Å². The molecule has 0 spiro atoms. The standard InChI is InChI=1S/C15H22N4O/c1-10(2)12-9-13-14(16-6-7-19(13)18-12)17-15(4)5-8-20-11(15)3/h6-7,9-11H,5,8H2,1-4H3,(H,16,17). The van der Waals surface area contributed by atoms with Crippen LogP contribution in [0.1, 0.15) is 45.7 Å². The van der Waals surface area contributed by atoms with Gasteiger partial charge in [-0.2, -0.15) is 5.10 Å². The van der Waals surface area contributed by atoms with Crippen molar-refractivity contribution in [3.8, 4) is 0 Å². The van der Waals surface area contributed by atoms with Crippen LogP contribution < -0.4 is 5.32 Å². The predicted octanol–water partition coefficient (Wildman–Crippen LogP) is 2.83. The number of ether oxygens (including phenoxy) is 1. The summed E-state index contributed by atoms with van der Waals surface area (Å²) < 4.78 is 7.58. The molecular weight excluding hydrogens is 252 g/mol. The quantitative estimate of drug-likeness (QED) is 0.935.